The van der Waals surface area contributed by atoms with E-state index in [1.54, 1.807) is 24.3 Å². The van der Waals surface area contributed by atoms with Gasteiger partial charge in [0.2, 0.25) is 0 Å². The third kappa shape index (κ3) is 3.02. The summed E-state index contributed by atoms with van der Waals surface area (Å²) in [5, 5.41) is 9.65. The molecular weight excluding hydrogens is 322 g/mol. The minimum Gasteiger partial charge on any atom is -0.457 e. The van der Waals surface area contributed by atoms with Crippen molar-refractivity contribution < 1.29 is 14.2 Å². The summed E-state index contributed by atoms with van der Waals surface area (Å²) in [6, 6.07) is 9.23. The molecule has 2 aromatic carbocycles. The third-order valence-corrected chi connectivity index (χ3v) is 3.11. The SMILES string of the molecule is OCc1c(Cl)cccc1Oc1cc(F)cc(Br)c1. The van der Waals surface area contributed by atoms with Gasteiger partial charge in [-0.15, -0.1) is 0 Å². The quantitative estimate of drug-likeness (QED) is 0.895. The number of aliphatic hydroxyl groups excluding tert-OH is 1. The lowest BCUT2D eigenvalue weighted by Gasteiger charge is -2.11. The van der Waals surface area contributed by atoms with Gasteiger partial charge in [-0.3, -0.25) is 0 Å². The number of aliphatic hydroxyl groups is 1. The van der Waals surface area contributed by atoms with Crippen LogP contribution in [0.3, 0.4) is 0 Å². The van der Waals surface area contributed by atoms with Crippen molar-refractivity contribution in [2.45, 2.75) is 6.61 Å². The van der Waals surface area contributed by atoms with E-state index >= 15 is 0 Å². The highest BCUT2D eigenvalue weighted by Gasteiger charge is 2.09. The van der Waals surface area contributed by atoms with Gasteiger partial charge in [-0.05, 0) is 24.3 Å². The maximum atomic E-state index is 13.2. The Bertz CT molecular complexity index is 555. The van der Waals surface area contributed by atoms with E-state index in [2.05, 4.69) is 15.9 Å². The molecule has 1 N–H and O–H groups in total. The van der Waals surface area contributed by atoms with Gasteiger partial charge in [0.25, 0.3) is 0 Å². The average Bonchev–Trinajstić information content (AvgIpc) is 2.27. The van der Waals surface area contributed by atoms with E-state index in [-0.39, 0.29) is 6.61 Å². The van der Waals surface area contributed by atoms with Gasteiger partial charge in [0, 0.05) is 21.1 Å². The summed E-state index contributed by atoms with van der Waals surface area (Å²) in [5.74, 6) is 0.327. The molecule has 0 aliphatic rings. The van der Waals surface area contributed by atoms with E-state index in [0.717, 1.165) is 0 Å². The molecule has 18 heavy (non-hydrogen) atoms. The monoisotopic (exact) mass is 330 g/mol. The summed E-state index contributed by atoms with van der Waals surface area (Å²) < 4.78 is 19.3. The van der Waals surface area contributed by atoms with Crippen molar-refractivity contribution in [1.82, 2.24) is 0 Å². The molecule has 0 saturated heterocycles. The summed E-state index contributed by atoms with van der Waals surface area (Å²) in [5.41, 5.74) is 0.472. The van der Waals surface area contributed by atoms with Crippen molar-refractivity contribution in [2.24, 2.45) is 0 Å². The first-order valence-electron chi connectivity index (χ1n) is 5.12. The van der Waals surface area contributed by atoms with E-state index in [9.17, 15) is 9.50 Å². The van der Waals surface area contributed by atoms with Gasteiger partial charge in [-0.25, -0.2) is 4.39 Å². The molecule has 0 fully saturated rings. The molecule has 2 aromatic rings. The Kier molecular flexibility index (Phi) is 4.22. The Hall–Kier alpha value is -1.10. The van der Waals surface area contributed by atoms with Crippen LogP contribution in [0.1, 0.15) is 5.56 Å². The van der Waals surface area contributed by atoms with Crippen molar-refractivity contribution in [3.05, 3.63) is 57.3 Å². The number of hydrogen-bond donors (Lipinski definition) is 1. The number of benzene rings is 2. The van der Waals surface area contributed by atoms with Crippen LogP contribution in [0.5, 0.6) is 11.5 Å². The molecular formula is C13H9BrClFO2. The maximum absolute atomic E-state index is 13.2. The predicted octanol–water partition coefficient (Wildman–Crippen LogP) is 4.53. The third-order valence-electron chi connectivity index (χ3n) is 2.30. The molecule has 0 amide bonds. The van der Waals surface area contributed by atoms with Gasteiger partial charge in [0.15, 0.2) is 0 Å². The minimum atomic E-state index is -0.410. The Labute approximate surface area is 117 Å². The Morgan fingerprint density at radius 3 is 2.72 bits per heavy atom. The highest BCUT2D eigenvalue weighted by atomic mass is 79.9. The second-order valence-corrected chi connectivity index (χ2v) is 4.90. The lowest BCUT2D eigenvalue weighted by atomic mass is 10.2. The number of halogens is 3. The highest BCUT2D eigenvalue weighted by Crippen LogP contribution is 2.31. The van der Waals surface area contributed by atoms with Crippen LogP contribution in [0, 0.1) is 5.82 Å². The zero-order valence-corrected chi connectivity index (χ0v) is 11.5. The van der Waals surface area contributed by atoms with Crippen LogP contribution < -0.4 is 4.74 Å². The predicted molar refractivity (Wildman–Crippen MR) is 71.5 cm³/mol. The Balaban J connectivity index is 2.36. The fourth-order valence-corrected chi connectivity index (χ4v) is 2.17. The molecule has 0 aliphatic heterocycles. The summed E-state index contributed by atoms with van der Waals surface area (Å²) in [6.45, 7) is -0.245. The van der Waals surface area contributed by atoms with Gasteiger partial charge in [-0.2, -0.15) is 0 Å². The number of ether oxygens (including phenoxy) is 1. The van der Waals surface area contributed by atoms with Crippen molar-refractivity contribution in [1.29, 1.82) is 0 Å². The first kappa shape index (κ1) is 13.3. The first-order valence-corrected chi connectivity index (χ1v) is 6.29. The standard InChI is InChI=1S/C13H9BrClFO2/c14-8-4-9(16)6-10(5-8)18-13-3-1-2-12(15)11(13)7-17/h1-6,17H,7H2. The molecule has 2 rings (SSSR count). The van der Waals surface area contributed by atoms with Crippen LogP contribution in [0.4, 0.5) is 4.39 Å². The molecule has 94 valence electrons. The molecule has 0 saturated carbocycles. The minimum absolute atomic E-state index is 0.245. The van der Waals surface area contributed by atoms with Crippen molar-refractivity contribution in [2.75, 3.05) is 0 Å². The fourth-order valence-electron chi connectivity index (χ4n) is 1.50. The number of rotatable bonds is 3. The van der Waals surface area contributed by atoms with Crippen LogP contribution in [0.2, 0.25) is 5.02 Å². The molecule has 5 heteroatoms. The molecule has 0 heterocycles. The summed E-state index contributed by atoms with van der Waals surface area (Å²) in [7, 11) is 0. The molecule has 2 nitrogen and oxygen atoms in total. The van der Waals surface area contributed by atoms with E-state index in [1.807, 2.05) is 0 Å². The van der Waals surface area contributed by atoms with Crippen LogP contribution >= 0.6 is 27.5 Å². The van der Waals surface area contributed by atoms with Crippen molar-refractivity contribution >= 4 is 27.5 Å². The van der Waals surface area contributed by atoms with Gasteiger partial charge >= 0.3 is 0 Å². The second kappa shape index (κ2) is 5.69. The topological polar surface area (TPSA) is 29.5 Å². The maximum Gasteiger partial charge on any atom is 0.134 e. The zero-order valence-electron chi connectivity index (χ0n) is 9.16. The van der Waals surface area contributed by atoms with Crippen LogP contribution in [0.15, 0.2) is 40.9 Å². The van der Waals surface area contributed by atoms with Gasteiger partial charge in [0.1, 0.15) is 17.3 Å². The van der Waals surface area contributed by atoms with Gasteiger partial charge in [0.05, 0.1) is 6.61 Å². The molecule has 0 aromatic heterocycles. The molecule has 0 aliphatic carbocycles. The van der Waals surface area contributed by atoms with Crippen molar-refractivity contribution in [3.8, 4) is 11.5 Å². The van der Waals surface area contributed by atoms with E-state index < -0.39 is 5.82 Å². The largest absolute Gasteiger partial charge is 0.457 e. The number of hydrogen-bond acceptors (Lipinski definition) is 2. The van der Waals surface area contributed by atoms with Gasteiger partial charge < -0.3 is 9.84 Å². The molecule has 0 spiro atoms. The molecule has 0 radical (unpaired) electrons. The van der Waals surface area contributed by atoms with Crippen LogP contribution in [-0.4, -0.2) is 5.11 Å². The smallest absolute Gasteiger partial charge is 0.134 e. The van der Waals surface area contributed by atoms with Crippen molar-refractivity contribution in [3.63, 3.8) is 0 Å². The van der Waals surface area contributed by atoms with E-state index in [4.69, 9.17) is 16.3 Å². The lowest BCUT2D eigenvalue weighted by molar-refractivity contribution is 0.276. The fraction of sp³-hybridized carbons (Fsp3) is 0.0769. The summed E-state index contributed by atoms with van der Waals surface area (Å²) >= 11 is 9.12. The molecule has 0 atom stereocenters. The van der Waals surface area contributed by atoms with Gasteiger partial charge in [-0.1, -0.05) is 33.6 Å². The average molecular weight is 332 g/mol. The first-order chi connectivity index (χ1) is 8.60. The Morgan fingerprint density at radius 1 is 1.28 bits per heavy atom. The van der Waals surface area contributed by atoms with E-state index in [0.29, 0.717) is 26.6 Å². The second-order valence-electron chi connectivity index (χ2n) is 3.58. The van der Waals surface area contributed by atoms with Crippen LogP contribution in [0.25, 0.3) is 0 Å². The summed E-state index contributed by atoms with van der Waals surface area (Å²) in [6.07, 6.45) is 0. The zero-order chi connectivity index (χ0) is 13.1. The normalized spacial score (nSPS) is 10.4. The summed E-state index contributed by atoms with van der Waals surface area (Å²) in [4.78, 5) is 0. The lowest BCUT2D eigenvalue weighted by Crippen LogP contribution is -1.93. The molecule has 0 unspecified atom stereocenters. The molecule has 0 bridgehead atoms. The highest BCUT2D eigenvalue weighted by molar-refractivity contribution is 9.10. The Morgan fingerprint density at radius 2 is 2.06 bits per heavy atom. The van der Waals surface area contributed by atoms with E-state index in [1.165, 1.54) is 12.1 Å². The van der Waals surface area contributed by atoms with Crippen LogP contribution in [-0.2, 0) is 6.61 Å².